The van der Waals surface area contributed by atoms with Crippen molar-refractivity contribution in [1.29, 1.82) is 0 Å². The number of amides is 2. The third kappa shape index (κ3) is 4.56. The van der Waals surface area contributed by atoms with Crippen LogP contribution in [-0.2, 0) is 16.6 Å². The molecule has 2 aromatic rings. The zero-order valence-electron chi connectivity index (χ0n) is 12.9. The number of rotatable bonds is 5. The van der Waals surface area contributed by atoms with E-state index >= 15 is 0 Å². The van der Waals surface area contributed by atoms with Crippen molar-refractivity contribution in [1.82, 2.24) is 9.88 Å². The predicted molar refractivity (Wildman–Crippen MR) is 88.0 cm³/mol. The predicted octanol–water partition coefficient (Wildman–Crippen LogP) is 2.00. The molecule has 0 aliphatic heterocycles. The van der Waals surface area contributed by atoms with E-state index in [2.05, 4.69) is 10.6 Å². The first-order valence-corrected chi connectivity index (χ1v) is 7.60. The van der Waals surface area contributed by atoms with Gasteiger partial charge in [0, 0.05) is 31.2 Å². The summed E-state index contributed by atoms with van der Waals surface area (Å²) in [5, 5.41) is 14.6. The van der Waals surface area contributed by atoms with E-state index in [0.717, 1.165) is 11.8 Å². The SMILES string of the molecule is Cn1cccc1[C@H](O)CCNC(=O)C(=O)Nc1ccc(F)c(Cl)c1. The summed E-state index contributed by atoms with van der Waals surface area (Å²) in [7, 11) is 1.80. The van der Waals surface area contributed by atoms with Gasteiger partial charge in [0.2, 0.25) is 0 Å². The van der Waals surface area contributed by atoms with Crippen molar-refractivity contribution >= 4 is 29.1 Å². The van der Waals surface area contributed by atoms with Crippen LogP contribution in [0.15, 0.2) is 36.5 Å². The number of aliphatic hydroxyl groups excluding tert-OH is 1. The third-order valence-electron chi connectivity index (χ3n) is 3.41. The maximum Gasteiger partial charge on any atom is 0.313 e. The van der Waals surface area contributed by atoms with Crippen molar-refractivity contribution in [2.24, 2.45) is 7.05 Å². The van der Waals surface area contributed by atoms with Crippen LogP contribution in [0.25, 0.3) is 0 Å². The first kappa shape index (κ1) is 18.0. The Morgan fingerprint density at radius 2 is 2.08 bits per heavy atom. The first-order chi connectivity index (χ1) is 11.4. The Balaban J connectivity index is 1.80. The minimum Gasteiger partial charge on any atom is -0.387 e. The first-order valence-electron chi connectivity index (χ1n) is 7.22. The lowest BCUT2D eigenvalue weighted by molar-refractivity contribution is -0.136. The molecule has 0 saturated carbocycles. The Hall–Kier alpha value is -2.38. The summed E-state index contributed by atoms with van der Waals surface area (Å²) in [6.07, 6.45) is 1.32. The lowest BCUT2D eigenvalue weighted by Crippen LogP contribution is -2.36. The summed E-state index contributed by atoms with van der Waals surface area (Å²) in [5.41, 5.74) is 0.931. The zero-order valence-corrected chi connectivity index (χ0v) is 13.7. The molecule has 6 nitrogen and oxygen atoms in total. The van der Waals surface area contributed by atoms with Crippen LogP contribution in [-0.4, -0.2) is 28.0 Å². The van der Waals surface area contributed by atoms with Gasteiger partial charge in [0.15, 0.2) is 0 Å². The normalized spacial score (nSPS) is 11.8. The molecule has 1 aromatic carbocycles. The number of nitrogens with zero attached hydrogens (tertiary/aromatic N) is 1. The fourth-order valence-corrected chi connectivity index (χ4v) is 2.31. The van der Waals surface area contributed by atoms with E-state index in [9.17, 15) is 19.1 Å². The van der Waals surface area contributed by atoms with Gasteiger partial charge in [-0.05, 0) is 36.8 Å². The molecule has 1 atom stereocenters. The average molecular weight is 354 g/mol. The second kappa shape index (κ2) is 7.94. The summed E-state index contributed by atoms with van der Waals surface area (Å²) in [4.78, 5) is 23.5. The van der Waals surface area contributed by atoms with E-state index < -0.39 is 23.7 Å². The molecule has 24 heavy (non-hydrogen) atoms. The minimum absolute atomic E-state index is 0.128. The van der Waals surface area contributed by atoms with Gasteiger partial charge < -0.3 is 20.3 Å². The molecular weight excluding hydrogens is 337 g/mol. The van der Waals surface area contributed by atoms with Gasteiger partial charge in [-0.3, -0.25) is 9.59 Å². The number of anilines is 1. The maximum absolute atomic E-state index is 13.0. The lowest BCUT2D eigenvalue weighted by Gasteiger charge is -2.12. The van der Waals surface area contributed by atoms with Crippen molar-refractivity contribution in [3.05, 3.63) is 53.1 Å². The van der Waals surface area contributed by atoms with Gasteiger partial charge in [0.1, 0.15) is 5.82 Å². The Labute approximate surface area is 143 Å². The molecule has 0 aliphatic rings. The number of carbonyl (C=O) groups is 2. The van der Waals surface area contributed by atoms with Gasteiger partial charge in [0.25, 0.3) is 0 Å². The number of benzene rings is 1. The quantitative estimate of drug-likeness (QED) is 0.719. The topological polar surface area (TPSA) is 83.4 Å². The van der Waals surface area contributed by atoms with Crippen LogP contribution < -0.4 is 10.6 Å². The Bertz CT molecular complexity index is 748. The molecule has 0 bridgehead atoms. The van der Waals surface area contributed by atoms with E-state index in [0.29, 0.717) is 0 Å². The molecule has 0 radical (unpaired) electrons. The summed E-state index contributed by atoms with van der Waals surface area (Å²) in [6, 6.07) is 7.18. The number of aromatic nitrogens is 1. The number of aliphatic hydroxyl groups is 1. The molecule has 1 heterocycles. The molecule has 2 rings (SSSR count). The summed E-state index contributed by atoms with van der Waals surface area (Å²) < 4.78 is 14.8. The smallest absolute Gasteiger partial charge is 0.313 e. The third-order valence-corrected chi connectivity index (χ3v) is 3.70. The van der Waals surface area contributed by atoms with Gasteiger partial charge in [-0.1, -0.05) is 11.6 Å². The Morgan fingerprint density at radius 1 is 1.33 bits per heavy atom. The second-order valence-corrected chi connectivity index (χ2v) is 5.59. The highest BCUT2D eigenvalue weighted by Gasteiger charge is 2.16. The van der Waals surface area contributed by atoms with Crippen molar-refractivity contribution in [2.75, 3.05) is 11.9 Å². The molecule has 0 unspecified atom stereocenters. The van der Waals surface area contributed by atoms with E-state index in [1.165, 1.54) is 12.1 Å². The van der Waals surface area contributed by atoms with Crippen LogP contribution in [0.1, 0.15) is 18.2 Å². The highest BCUT2D eigenvalue weighted by molar-refractivity contribution is 6.39. The lowest BCUT2D eigenvalue weighted by atomic mass is 10.2. The number of aryl methyl sites for hydroxylation is 1. The monoisotopic (exact) mass is 353 g/mol. The van der Waals surface area contributed by atoms with Gasteiger partial charge in [-0.25, -0.2) is 4.39 Å². The van der Waals surface area contributed by atoms with Crippen LogP contribution in [0.3, 0.4) is 0 Å². The highest BCUT2D eigenvalue weighted by atomic mass is 35.5. The molecular formula is C16H17ClFN3O3. The Morgan fingerprint density at radius 3 is 2.71 bits per heavy atom. The molecule has 8 heteroatoms. The van der Waals surface area contributed by atoms with E-state index in [-0.39, 0.29) is 23.7 Å². The van der Waals surface area contributed by atoms with Gasteiger partial charge in [0.05, 0.1) is 11.1 Å². The number of nitrogens with one attached hydrogen (secondary N) is 2. The van der Waals surface area contributed by atoms with Crippen LogP contribution in [0, 0.1) is 5.82 Å². The molecule has 1 aromatic heterocycles. The van der Waals surface area contributed by atoms with Crippen molar-refractivity contribution in [3.63, 3.8) is 0 Å². The maximum atomic E-state index is 13.0. The fourth-order valence-electron chi connectivity index (χ4n) is 2.13. The van der Waals surface area contributed by atoms with Crippen LogP contribution in [0.2, 0.25) is 5.02 Å². The Kier molecular flexibility index (Phi) is 5.94. The van der Waals surface area contributed by atoms with Crippen molar-refractivity contribution < 1.29 is 19.1 Å². The highest BCUT2D eigenvalue weighted by Crippen LogP contribution is 2.19. The van der Waals surface area contributed by atoms with Crippen LogP contribution in [0.4, 0.5) is 10.1 Å². The number of halogens is 2. The minimum atomic E-state index is -0.897. The molecule has 2 amide bonds. The van der Waals surface area contributed by atoms with Gasteiger partial charge in [-0.15, -0.1) is 0 Å². The standard InChI is InChI=1S/C16H17ClFN3O3/c1-21-8-2-3-13(21)14(22)6-7-19-15(23)16(24)20-10-4-5-12(18)11(17)9-10/h2-5,8-9,14,22H,6-7H2,1H3,(H,19,23)(H,20,24)/t14-/m1/s1. The molecule has 128 valence electrons. The van der Waals surface area contributed by atoms with Crippen LogP contribution >= 0.6 is 11.6 Å². The largest absolute Gasteiger partial charge is 0.387 e. The second-order valence-electron chi connectivity index (χ2n) is 5.19. The van der Waals surface area contributed by atoms with E-state index in [1.54, 1.807) is 29.9 Å². The molecule has 0 spiro atoms. The zero-order chi connectivity index (χ0) is 17.7. The molecule has 0 aliphatic carbocycles. The number of hydrogen-bond acceptors (Lipinski definition) is 3. The fraction of sp³-hybridized carbons (Fsp3) is 0.250. The van der Waals surface area contributed by atoms with E-state index in [4.69, 9.17) is 11.6 Å². The van der Waals surface area contributed by atoms with Crippen LogP contribution in [0.5, 0.6) is 0 Å². The van der Waals surface area contributed by atoms with Gasteiger partial charge >= 0.3 is 11.8 Å². The number of hydrogen-bond donors (Lipinski definition) is 3. The van der Waals surface area contributed by atoms with Crippen molar-refractivity contribution in [2.45, 2.75) is 12.5 Å². The summed E-state index contributed by atoms with van der Waals surface area (Å²) in [5.74, 6) is -2.37. The van der Waals surface area contributed by atoms with Crippen molar-refractivity contribution in [3.8, 4) is 0 Å². The molecule has 3 N–H and O–H groups in total. The average Bonchev–Trinajstić information content (AvgIpc) is 2.96. The molecule has 0 fully saturated rings. The summed E-state index contributed by atoms with van der Waals surface area (Å²) in [6.45, 7) is 0.128. The molecule has 0 saturated heterocycles. The van der Waals surface area contributed by atoms with Gasteiger partial charge in [-0.2, -0.15) is 0 Å². The van der Waals surface area contributed by atoms with E-state index in [1.807, 2.05) is 0 Å². The number of carbonyl (C=O) groups excluding carboxylic acids is 2. The summed E-state index contributed by atoms with van der Waals surface area (Å²) >= 11 is 5.60.